The molecule has 5 nitrogen and oxygen atoms in total. The van der Waals surface area contributed by atoms with Crippen molar-refractivity contribution in [3.63, 3.8) is 0 Å². The molecule has 0 spiro atoms. The zero-order valence-electron chi connectivity index (χ0n) is 14.2. The Morgan fingerprint density at radius 1 is 1.30 bits per heavy atom. The van der Waals surface area contributed by atoms with Crippen LogP contribution in [0.5, 0.6) is 0 Å². The number of hydrogen-bond donors (Lipinski definition) is 2. The molecule has 1 aromatic rings. The van der Waals surface area contributed by atoms with Crippen LogP contribution in [0.2, 0.25) is 0 Å². The Bertz CT molecular complexity index is 595. The summed E-state index contributed by atoms with van der Waals surface area (Å²) >= 11 is 0. The molecule has 23 heavy (non-hydrogen) atoms. The average molecular weight is 316 g/mol. The standard InChI is InChI=1S/C18H28N4O/c1-3-19-18(21-16-10-4-5-11-16)20-13-6-7-14-22-15(2)9-8-12-17(22)23/h4-5,8-9,12,16H,3,6-7,10-11,13-14H2,1-2H3,(H2,19,20,21). The zero-order chi connectivity index (χ0) is 16.5. The second-order valence-electron chi connectivity index (χ2n) is 5.91. The fourth-order valence-electron chi connectivity index (χ4n) is 2.73. The van der Waals surface area contributed by atoms with E-state index in [2.05, 4.69) is 34.7 Å². The summed E-state index contributed by atoms with van der Waals surface area (Å²) in [4.78, 5) is 16.4. The lowest BCUT2D eigenvalue weighted by Crippen LogP contribution is -2.42. The summed E-state index contributed by atoms with van der Waals surface area (Å²) in [6.07, 6.45) is 8.49. The Morgan fingerprint density at radius 2 is 2.09 bits per heavy atom. The van der Waals surface area contributed by atoms with E-state index in [1.165, 1.54) is 0 Å². The molecule has 126 valence electrons. The van der Waals surface area contributed by atoms with Crippen molar-refractivity contribution in [3.8, 4) is 0 Å². The van der Waals surface area contributed by atoms with Crippen molar-refractivity contribution < 1.29 is 0 Å². The first-order valence-electron chi connectivity index (χ1n) is 8.57. The molecule has 0 radical (unpaired) electrons. The van der Waals surface area contributed by atoms with Crippen LogP contribution in [0.25, 0.3) is 0 Å². The van der Waals surface area contributed by atoms with Crippen LogP contribution in [0, 0.1) is 6.92 Å². The molecular formula is C18H28N4O. The Kier molecular flexibility index (Phi) is 6.91. The minimum absolute atomic E-state index is 0.0808. The highest BCUT2D eigenvalue weighted by Gasteiger charge is 2.11. The minimum Gasteiger partial charge on any atom is -0.357 e. The van der Waals surface area contributed by atoms with Gasteiger partial charge in [0.1, 0.15) is 0 Å². The number of aromatic nitrogens is 1. The van der Waals surface area contributed by atoms with E-state index < -0.39 is 0 Å². The predicted molar refractivity (Wildman–Crippen MR) is 95.9 cm³/mol. The van der Waals surface area contributed by atoms with Gasteiger partial charge in [-0.3, -0.25) is 9.79 Å². The maximum Gasteiger partial charge on any atom is 0.250 e. The molecule has 0 fully saturated rings. The van der Waals surface area contributed by atoms with Crippen LogP contribution >= 0.6 is 0 Å². The quantitative estimate of drug-likeness (QED) is 0.351. The van der Waals surface area contributed by atoms with Gasteiger partial charge in [-0.25, -0.2) is 0 Å². The summed E-state index contributed by atoms with van der Waals surface area (Å²) in [7, 11) is 0. The second kappa shape index (κ2) is 9.18. The van der Waals surface area contributed by atoms with E-state index in [9.17, 15) is 4.79 Å². The van der Waals surface area contributed by atoms with Crippen LogP contribution in [-0.2, 0) is 6.54 Å². The third-order valence-corrected chi connectivity index (χ3v) is 4.02. The first-order valence-corrected chi connectivity index (χ1v) is 8.57. The lowest BCUT2D eigenvalue weighted by atomic mass is 10.2. The number of guanidine groups is 1. The van der Waals surface area contributed by atoms with Crippen LogP contribution < -0.4 is 16.2 Å². The van der Waals surface area contributed by atoms with Gasteiger partial charge in [0.15, 0.2) is 5.96 Å². The number of nitrogens with one attached hydrogen (secondary N) is 2. The fourth-order valence-corrected chi connectivity index (χ4v) is 2.73. The molecule has 1 heterocycles. The summed E-state index contributed by atoms with van der Waals surface area (Å²) in [6.45, 7) is 6.45. The maximum atomic E-state index is 11.8. The summed E-state index contributed by atoms with van der Waals surface area (Å²) in [5, 5.41) is 6.76. The maximum absolute atomic E-state index is 11.8. The molecule has 2 N–H and O–H groups in total. The van der Waals surface area contributed by atoms with Gasteiger partial charge in [-0.2, -0.15) is 0 Å². The molecule has 0 aliphatic heterocycles. The van der Waals surface area contributed by atoms with Crippen molar-refractivity contribution in [3.05, 3.63) is 46.4 Å². The third kappa shape index (κ3) is 5.58. The molecule has 0 aromatic carbocycles. The van der Waals surface area contributed by atoms with Crippen LogP contribution in [0.15, 0.2) is 40.1 Å². The van der Waals surface area contributed by atoms with E-state index in [0.29, 0.717) is 6.04 Å². The number of pyridine rings is 1. The molecular weight excluding hydrogens is 288 g/mol. The predicted octanol–water partition coefficient (Wildman–Crippen LogP) is 2.21. The number of aliphatic imine (C=N–C) groups is 1. The highest BCUT2D eigenvalue weighted by atomic mass is 16.1. The molecule has 2 rings (SSSR count). The Hall–Kier alpha value is -2.04. The topological polar surface area (TPSA) is 58.4 Å². The molecule has 0 saturated heterocycles. The largest absolute Gasteiger partial charge is 0.357 e. The number of aryl methyl sites for hydroxylation is 1. The lowest BCUT2D eigenvalue weighted by Gasteiger charge is -2.16. The molecule has 0 atom stereocenters. The number of nitrogens with zero attached hydrogens (tertiary/aromatic N) is 2. The highest BCUT2D eigenvalue weighted by Crippen LogP contribution is 2.08. The summed E-state index contributed by atoms with van der Waals surface area (Å²) < 4.78 is 1.83. The molecule has 0 unspecified atom stereocenters. The van der Waals surface area contributed by atoms with Crippen LogP contribution in [0.1, 0.15) is 38.3 Å². The number of hydrogen-bond acceptors (Lipinski definition) is 2. The zero-order valence-corrected chi connectivity index (χ0v) is 14.2. The SMILES string of the molecule is CCNC(=NCCCCn1c(C)cccc1=O)NC1CC=CC1. The minimum atomic E-state index is 0.0808. The van der Waals surface area contributed by atoms with Gasteiger partial charge in [0.05, 0.1) is 0 Å². The van der Waals surface area contributed by atoms with Gasteiger partial charge in [-0.1, -0.05) is 18.2 Å². The summed E-state index contributed by atoms with van der Waals surface area (Å²) in [5.41, 5.74) is 1.10. The highest BCUT2D eigenvalue weighted by molar-refractivity contribution is 5.80. The van der Waals surface area contributed by atoms with Gasteiger partial charge in [-0.05, 0) is 45.6 Å². The van der Waals surface area contributed by atoms with Gasteiger partial charge in [-0.15, -0.1) is 0 Å². The first-order chi connectivity index (χ1) is 11.2. The molecule has 1 aromatic heterocycles. The van der Waals surface area contributed by atoms with Crippen LogP contribution in [0.4, 0.5) is 0 Å². The Balaban J connectivity index is 1.76. The van der Waals surface area contributed by atoms with Gasteiger partial charge in [0.25, 0.3) is 5.56 Å². The van der Waals surface area contributed by atoms with Crippen molar-refractivity contribution in [1.82, 2.24) is 15.2 Å². The van der Waals surface area contributed by atoms with E-state index >= 15 is 0 Å². The average Bonchev–Trinajstić information content (AvgIpc) is 3.02. The van der Waals surface area contributed by atoms with Crippen molar-refractivity contribution in [2.45, 2.75) is 52.1 Å². The molecule has 1 aliphatic rings. The van der Waals surface area contributed by atoms with Gasteiger partial charge in [0, 0.05) is 37.4 Å². The fraction of sp³-hybridized carbons (Fsp3) is 0.556. The molecule has 0 bridgehead atoms. The van der Waals surface area contributed by atoms with Crippen LogP contribution in [-0.4, -0.2) is 29.7 Å². The number of rotatable bonds is 7. The third-order valence-electron chi connectivity index (χ3n) is 4.02. The van der Waals surface area contributed by atoms with E-state index in [0.717, 1.165) is 57.0 Å². The smallest absolute Gasteiger partial charge is 0.250 e. The van der Waals surface area contributed by atoms with Crippen molar-refractivity contribution in [1.29, 1.82) is 0 Å². The number of unbranched alkanes of at least 4 members (excludes halogenated alkanes) is 1. The normalized spacial score (nSPS) is 15.1. The first kappa shape index (κ1) is 17.3. The van der Waals surface area contributed by atoms with Crippen LogP contribution in [0.3, 0.4) is 0 Å². The molecule has 0 amide bonds. The van der Waals surface area contributed by atoms with E-state index in [4.69, 9.17) is 0 Å². The van der Waals surface area contributed by atoms with Gasteiger partial charge in [0.2, 0.25) is 0 Å². The lowest BCUT2D eigenvalue weighted by molar-refractivity contribution is 0.583. The van der Waals surface area contributed by atoms with Crippen molar-refractivity contribution in [2.75, 3.05) is 13.1 Å². The van der Waals surface area contributed by atoms with Gasteiger partial charge >= 0.3 is 0 Å². The molecule has 5 heteroatoms. The van der Waals surface area contributed by atoms with Gasteiger partial charge < -0.3 is 15.2 Å². The van der Waals surface area contributed by atoms with Crippen molar-refractivity contribution in [2.24, 2.45) is 4.99 Å². The van der Waals surface area contributed by atoms with E-state index in [-0.39, 0.29) is 5.56 Å². The Labute approximate surface area is 138 Å². The molecule has 0 saturated carbocycles. The van der Waals surface area contributed by atoms with E-state index in [1.807, 2.05) is 23.6 Å². The van der Waals surface area contributed by atoms with E-state index in [1.54, 1.807) is 6.07 Å². The molecule has 1 aliphatic carbocycles. The summed E-state index contributed by atoms with van der Waals surface area (Å²) in [6, 6.07) is 5.87. The summed E-state index contributed by atoms with van der Waals surface area (Å²) in [5.74, 6) is 0.897. The monoisotopic (exact) mass is 316 g/mol. The Morgan fingerprint density at radius 3 is 2.78 bits per heavy atom. The second-order valence-corrected chi connectivity index (χ2v) is 5.91. The van der Waals surface area contributed by atoms with Crippen molar-refractivity contribution >= 4 is 5.96 Å².